The zero-order valence-electron chi connectivity index (χ0n) is 7.61. The van der Waals surface area contributed by atoms with Gasteiger partial charge in [-0.3, -0.25) is 4.98 Å². The minimum Gasteiger partial charge on any atom is -0.506 e. The standard InChI is InChI=1S/C11H7F2NO/c12-9-2-1-7(5-10(9)13)8-3-4-14-6-11(8)15/h1-6,15H. The Morgan fingerprint density at radius 3 is 2.53 bits per heavy atom. The van der Waals surface area contributed by atoms with Crippen LogP contribution in [-0.4, -0.2) is 10.1 Å². The number of pyridine rings is 1. The molecule has 0 amide bonds. The topological polar surface area (TPSA) is 33.1 Å². The van der Waals surface area contributed by atoms with Crippen molar-refractivity contribution in [3.8, 4) is 16.9 Å². The van der Waals surface area contributed by atoms with Gasteiger partial charge in [0, 0.05) is 11.8 Å². The molecule has 0 radical (unpaired) electrons. The third-order valence-electron chi connectivity index (χ3n) is 2.03. The van der Waals surface area contributed by atoms with Crippen LogP contribution in [0.15, 0.2) is 36.7 Å². The average molecular weight is 207 g/mol. The summed E-state index contributed by atoms with van der Waals surface area (Å²) in [7, 11) is 0. The van der Waals surface area contributed by atoms with E-state index in [1.165, 1.54) is 24.5 Å². The molecule has 1 aromatic heterocycles. The van der Waals surface area contributed by atoms with Gasteiger partial charge in [0.2, 0.25) is 0 Å². The molecule has 2 aromatic rings. The number of hydrogen-bond donors (Lipinski definition) is 1. The van der Waals surface area contributed by atoms with Crippen LogP contribution in [0.2, 0.25) is 0 Å². The van der Waals surface area contributed by atoms with E-state index in [1.807, 2.05) is 0 Å². The number of rotatable bonds is 1. The molecule has 0 atom stereocenters. The van der Waals surface area contributed by atoms with Gasteiger partial charge in [-0.05, 0) is 23.8 Å². The summed E-state index contributed by atoms with van der Waals surface area (Å²) >= 11 is 0. The second-order valence-electron chi connectivity index (χ2n) is 3.02. The Labute approximate surface area is 84.8 Å². The summed E-state index contributed by atoms with van der Waals surface area (Å²) < 4.78 is 25.6. The first kappa shape index (κ1) is 9.58. The lowest BCUT2D eigenvalue weighted by Crippen LogP contribution is -1.86. The predicted molar refractivity (Wildman–Crippen MR) is 51.3 cm³/mol. The molecule has 15 heavy (non-hydrogen) atoms. The van der Waals surface area contributed by atoms with Gasteiger partial charge >= 0.3 is 0 Å². The molecule has 0 saturated heterocycles. The van der Waals surface area contributed by atoms with Gasteiger partial charge in [-0.2, -0.15) is 0 Å². The molecule has 2 nitrogen and oxygen atoms in total. The predicted octanol–water partition coefficient (Wildman–Crippen LogP) is 2.73. The molecular weight excluding hydrogens is 200 g/mol. The Bertz CT molecular complexity index is 500. The molecular formula is C11H7F2NO. The highest BCUT2D eigenvalue weighted by Crippen LogP contribution is 2.28. The fourth-order valence-electron chi connectivity index (χ4n) is 1.29. The molecule has 76 valence electrons. The minimum absolute atomic E-state index is 0.0662. The Hall–Kier alpha value is -1.97. The quantitative estimate of drug-likeness (QED) is 0.779. The van der Waals surface area contributed by atoms with Gasteiger partial charge in [-0.1, -0.05) is 6.07 Å². The maximum Gasteiger partial charge on any atom is 0.159 e. The summed E-state index contributed by atoms with van der Waals surface area (Å²) in [6.07, 6.45) is 2.72. The Morgan fingerprint density at radius 2 is 1.87 bits per heavy atom. The van der Waals surface area contributed by atoms with Crippen LogP contribution in [0, 0.1) is 11.6 Å². The summed E-state index contributed by atoms with van der Waals surface area (Å²) in [5, 5.41) is 9.45. The molecule has 1 heterocycles. The molecule has 2 rings (SSSR count). The molecule has 0 saturated carbocycles. The second kappa shape index (κ2) is 3.65. The summed E-state index contributed by atoms with van der Waals surface area (Å²) in [5.74, 6) is -1.92. The van der Waals surface area contributed by atoms with Gasteiger partial charge in [0.15, 0.2) is 11.6 Å². The maximum atomic E-state index is 12.9. The fraction of sp³-hybridized carbons (Fsp3) is 0. The number of aromatic nitrogens is 1. The van der Waals surface area contributed by atoms with Crippen LogP contribution in [0.25, 0.3) is 11.1 Å². The highest BCUT2D eigenvalue weighted by Gasteiger charge is 2.07. The van der Waals surface area contributed by atoms with Crippen molar-refractivity contribution >= 4 is 0 Å². The minimum atomic E-state index is -0.941. The molecule has 0 aliphatic carbocycles. The second-order valence-corrected chi connectivity index (χ2v) is 3.02. The van der Waals surface area contributed by atoms with E-state index in [0.717, 1.165) is 12.1 Å². The number of benzene rings is 1. The van der Waals surface area contributed by atoms with Crippen LogP contribution in [0.3, 0.4) is 0 Å². The number of hydrogen-bond acceptors (Lipinski definition) is 2. The molecule has 0 aliphatic rings. The summed E-state index contributed by atoms with van der Waals surface area (Å²) in [6.45, 7) is 0. The molecule has 0 aliphatic heterocycles. The molecule has 0 unspecified atom stereocenters. The summed E-state index contributed by atoms with van der Waals surface area (Å²) in [4.78, 5) is 3.69. The van der Waals surface area contributed by atoms with Crippen molar-refractivity contribution in [2.24, 2.45) is 0 Å². The summed E-state index contributed by atoms with van der Waals surface area (Å²) in [6, 6.07) is 4.98. The van der Waals surface area contributed by atoms with E-state index < -0.39 is 11.6 Å². The van der Waals surface area contributed by atoms with E-state index in [9.17, 15) is 13.9 Å². The van der Waals surface area contributed by atoms with E-state index in [2.05, 4.69) is 4.98 Å². The SMILES string of the molecule is Oc1cnccc1-c1ccc(F)c(F)c1. The molecule has 4 heteroatoms. The van der Waals surface area contributed by atoms with Gasteiger partial charge in [-0.25, -0.2) is 8.78 Å². The van der Waals surface area contributed by atoms with Gasteiger partial charge < -0.3 is 5.11 Å². The van der Waals surface area contributed by atoms with E-state index in [0.29, 0.717) is 11.1 Å². The van der Waals surface area contributed by atoms with Crippen LogP contribution >= 0.6 is 0 Å². The fourth-order valence-corrected chi connectivity index (χ4v) is 1.29. The molecule has 0 fully saturated rings. The van der Waals surface area contributed by atoms with Crippen molar-refractivity contribution in [3.05, 3.63) is 48.3 Å². The van der Waals surface area contributed by atoms with Gasteiger partial charge in [0.1, 0.15) is 5.75 Å². The first-order chi connectivity index (χ1) is 7.18. The maximum absolute atomic E-state index is 12.9. The van der Waals surface area contributed by atoms with Crippen LogP contribution < -0.4 is 0 Å². The van der Waals surface area contributed by atoms with Crippen molar-refractivity contribution in [3.63, 3.8) is 0 Å². The van der Waals surface area contributed by atoms with Crippen LogP contribution in [-0.2, 0) is 0 Å². The zero-order valence-corrected chi connectivity index (χ0v) is 7.61. The Kier molecular flexibility index (Phi) is 2.33. The van der Waals surface area contributed by atoms with Gasteiger partial charge in [-0.15, -0.1) is 0 Å². The Balaban J connectivity index is 2.55. The van der Waals surface area contributed by atoms with E-state index in [-0.39, 0.29) is 5.75 Å². The first-order valence-corrected chi connectivity index (χ1v) is 4.27. The van der Waals surface area contributed by atoms with Crippen LogP contribution in [0.5, 0.6) is 5.75 Å². The van der Waals surface area contributed by atoms with E-state index >= 15 is 0 Å². The number of aromatic hydroxyl groups is 1. The lowest BCUT2D eigenvalue weighted by atomic mass is 10.1. The van der Waals surface area contributed by atoms with Crippen molar-refractivity contribution in [1.29, 1.82) is 0 Å². The number of nitrogens with zero attached hydrogens (tertiary/aromatic N) is 1. The third-order valence-corrected chi connectivity index (χ3v) is 2.03. The van der Waals surface area contributed by atoms with Crippen molar-refractivity contribution in [2.75, 3.05) is 0 Å². The van der Waals surface area contributed by atoms with Crippen LogP contribution in [0.1, 0.15) is 0 Å². The van der Waals surface area contributed by atoms with Crippen LogP contribution in [0.4, 0.5) is 8.78 Å². The summed E-state index contributed by atoms with van der Waals surface area (Å²) in [5.41, 5.74) is 0.831. The van der Waals surface area contributed by atoms with Gasteiger partial charge in [0.05, 0.1) is 6.20 Å². The third kappa shape index (κ3) is 1.79. The average Bonchev–Trinajstić information content (AvgIpc) is 2.23. The highest BCUT2D eigenvalue weighted by molar-refractivity contribution is 5.69. The first-order valence-electron chi connectivity index (χ1n) is 4.27. The van der Waals surface area contributed by atoms with Gasteiger partial charge in [0.25, 0.3) is 0 Å². The lowest BCUT2D eigenvalue weighted by Gasteiger charge is -2.03. The van der Waals surface area contributed by atoms with E-state index in [1.54, 1.807) is 0 Å². The zero-order chi connectivity index (χ0) is 10.8. The lowest BCUT2D eigenvalue weighted by molar-refractivity contribution is 0.474. The van der Waals surface area contributed by atoms with E-state index in [4.69, 9.17) is 0 Å². The molecule has 1 N–H and O–H groups in total. The van der Waals surface area contributed by atoms with Crippen molar-refractivity contribution in [2.45, 2.75) is 0 Å². The molecule has 0 bridgehead atoms. The normalized spacial score (nSPS) is 10.3. The monoisotopic (exact) mass is 207 g/mol. The van der Waals surface area contributed by atoms with Crippen molar-refractivity contribution < 1.29 is 13.9 Å². The molecule has 0 spiro atoms. The molecule has 1 aromatic carbocycles. The highest BCUT2D eigenvalue weighted by atomic mass is 19.2. The smallest absolute Gasteiger partial charge is 0.159 e. The number of halogens is 2. The van der Waals surface area contributed by atoms with Crippen molar-refractivity contribution in [1.82, 2.24) is 4.98 Å². The largest absolute Gasteiger partial charge is 0.506 e. The Morgan fingerprint density at radius 1 is 1.07 bits per heavy atom.